The molecular formula is C52H61N13O8. The number of aryl methyl sites for hydroxylation is 6. The standard InChI is InChI=1S/C52H61N13O8/c1-8-63-40(21-31(4)58-63)43(66)28-45-56-39-26-34(48(53)67)24-36(30-71-18-14-20-73-52(69)42-23-33(6)60-65(42)10-3)46(39)61(45)15-11-12-16-62-47-37(25-35(49(54)68)27-44(47)72-19-13-17-70-7)38-29-55-50(57-51(38)62)41-22-32(5)59-64(41)9-2/h11-12,21-27,29H,8-10,13-20,28,30H2,1-7H3,(H2,53,67)(H2,54,68)/b12-11+. The Hall–Kier alpha value is -8.04. The molecule has 73 heavy (non-hydrogen) atoms. The van der Waals surface area contributed by atoms with E-state index in [-0.39, 0.29) is 56.2 Å². The molecule has 0 aliphatic rings. The SMILES string of the molecule is CCn1nc(C)cc1C(=O)Cc1nc2cc(C(N)=O)cc(COCCCOC(=O)c3cc(C)nn3CC)c2n1C/C=C/Cn1c2nc(-c3cc(C)nn3CC)ncc2c2cc(C(N)=O)cc(OCCCOC)c21. The maximum Gasteiger partial charge on any atom is 0.356 e. The minimum Gasteiger partial charge on any atom is -0.491 e. The van der Waals surface area contributed by atoms with Crippen molar-refractivity contribution in [2.45, 2.75) is 100 Å². The Morgan fingerprint density at radius 3 is 2.01 bits per heavy atom. The molecule has 0 saturated heterocycles. The Morgan fingerprint density at radius 2 is 1.32 bits per heavy atom. The Morgan fingerprint density at radius 1 is 0.671 bits per heavy atom. The van der Waals surface area contributed by atoms with E-state index in [1.54, 1.807) is 59.1 Å². The summed E-state index contributed by atoms with van der Waals surface area (Å²) in [6.45, 7) is 14.8. The van der Waals surface area contributed by atoms with Crippen LogP contribution in [-0.2, 0) is 60.0 Å². The lowest BCUT2D eigenvalue weighted by atomic mass is 10.1. The third kappa shape index (κ3) is 11.1. The fraction of sp³-hybridized carbons (Fsp3) is 0.385. The van der Waals surface area contributed by atoms with Crippen LogP contribution in [0.1, 0.15) is 104 Å². The predicted octanol–water partition coefficient (Wildman–Crippen LogP) is 6.23. The van der Waals surface area contributed by atoms with E-state index in [9.17, 15) is 19.2 Å². The zero-order chi connectivity index (χ0) is 51.9. The fourth-order valence-corrected chi connectivity index (χ4v) is 9.00. The zero-order valence-corrected chi connectivity index (χ0v) is 42.3. The van der Waals surface area contributed by atoms with Gasteiger partial charge in [-0.2, -0.15) is 15.3 Å². The largest absolute Gasteiger partial charge is 0.491 e. The van der Waals surface area contributed by atoms with Gasteiger partial charge in [-0.1, -0.05) is 12.2 Å². The number of imidazole rings is 1. The summed E-state index contributed by atoms with van der Waals surface area (Å²) in [7, 11) is 1.62. The van der Waals surface area contributed by atoms with E-state index >= 15 is 0 Å². The highest BCUT2D eigenvalue weighted by Gasteiger charge is 2.24. The third-order valence-electron chi connectivity index (χ3n) is 12.3. The number of nitrogens with zero attached hydrogens (tertiary/aromatic N) is 11. The molecule has 6 heterocycles. The van der Waals surface area contributed by atoms with Crippen LogP contribution >= 0.6 is 0 Å². The summed E-state index contributed by atoms with van der Waals surface area (Å²) in [6.07, 6.45) is 6.62. The van der Waals surface area contributed by atoms with Crippen molar-refractivity contribution in [3.8, 4) is 17.3 Å². The molecule has 0 fully saturated rings. The normalized spacial score (nSPS) is 11.8. The van der Waals surface area contributed by atoms with E-state index in [0.717, 1.165) is 17.1 Å². The molecule has 6 aromatic heterocycles. The molecule has 382 valence electrons. The first-order valence-corrected chi connectivity index (χ1v) is 24.4. The van der Waals surface area contributed by atoms with Gasteiger partial charge in [0, 0.05) is 92.9 Å². The highest BCUT2D eigenvalue weighted by molar-refractivity contribution is 6.12. The minimum atomic E-state index is -0.650. The number of primary amides is 2. The Bertz CT molecular complexity index is 3390. The minimum absolute atomic E-state index is 0.0538. The number of fused-ring (bicyclic) bond motifs is 4. The lowest BCUT2D eigenvalue weighted by molar-refractivity contribution is 0.0421. The Labute approximate surface area is 421 Å². The van der Waals surface area contributed by atoms with Gasteiger partial charge in [0.05, 0.1) is 66.5 Å². The molecule has 8 rings (SSSR count). The van der Waals surface area contributed by atoms with Crippen LogP contribution in [0, 0.1) is 20.8 Å². The smallest absolute Gasteiger partial charge is 0.356 e. The molecule has 0 aliphatic carbocycles. The van der Waals surface area contributed by atoms with Gasteiger partial charge in [-0.3, -0.25) is 28.4 Å². The van der Waals surface area contributed by atoms with Crippen molar-refractivity contribution in [3.05, 3.63) is 112 Å². The average Bonchev–Trinajstić information content (AvgIpc) is 4.20. The van der Waals surface area contributed by atoms with Crippen LogP contribution in [0.4, 0.5) is 0 Å². The van der Waals surface area contributed by atoms with Crippen molar-refractivity contribution >= 4 is 56.5 Å². The second kappa shape index (κ2) is 22.6. The number of Topliss-reactive ketones (excluding diaryl/α,β-unsaturated/α-hetero) is 1. The van der Waals surface area contributed by atoms with E-state index in [4.69, 9.17) is 45.4 Å². The summed E-state index contributed by atoms with van der Waals surface area (Å²) >= 11 is 0. The summed E-state index contributed by atoms with van der Waals surface area (Å²) < 4.78 is 32.4. The molecule has 0 bridgehead atoms. The van der Waals surface area contributed by atoms with Crippen molar-refractivity contribution in [1.29, 1.82) is 0 Å². The number of aromatic nitrogens is 11. The van der Waals surface area contributed by atoms with Gasteiger partial charge in [0.2, 0.25) is 11.8 Å². The quantitative estimate of drug-likeness (QED) is 0.0278. The van der Waals surface area contributed by atoms with Crippen LogP contribution in [0.5, 0.6) is 5.75 Å². The molecule has 0 saturated carbocycles. The van der Waals surface area contributed by atoms with Crippen molar-refractivity contribution in [2.75, 3.05) is 33.5 Å². The van der Waals surface area contributed by atoms with Crippen molar-refractivity contribution in [2.24, 2.45) is 11.5 Å². The molecule has 0 aliphatic heterocycles. The summed E-state index contributed by atoms with van der Waals surface area (Å²) in [5.74, 6) is -0.545. The van der Waals surface area contributed by atoms with E-state index in [2.05, 4.69) is 15.3 Å². The number of rotatable bonds is 25. The highest BCUT2D eigenvalue weighted by Crippen LogP contribution is 2.37. The fourth-order valence-electron chi connectivity index (χ4n) is 9.00. The summed E-state index contributed by atoms with van der Waals surface area (Å²) in [6, 6.07) is 12.1. The first-order chi connectivity index (χ1) is 35.2. The molecular weight excluding hydrogens is 935 g/mol. The van der Waals surface area contributed by atoms with Gasteiger partial charge < -0.3 is 39.5 Å². The van der Waals surface area contributed by atoms with Crippen LogP contribution in [0.2, 0.25) is 0 Å². The molecule has 8 aromatic rings. The van der Waals surface area contributed by atoms with Crippen LogP contribution < -0.4 is 16.2 Å². The number of allylic oxidation sites excluding steroid dienone is 2. The van der Waals surface area contributed by atoms with E-state index in [1.165, 1.54) is 0 Å². The lowest BCUT2D eigenvalue weighted by Gasteiger charge is -2.13. The van der Waals surface area contributed by atoms with Crippen molar-refractivity contribution in [1.82, 2.24) is 53.4 Å². The monoisotopic (exact) mass is 995 g/mol. The molecule has 0 spiro atoms. The second-order valence-electron chi connectivity index (χ2n) is 17.6. The lowest BCUT2D eigenvalue weighted by Crippen LogP contribution is -2.15. The first-order valence-electron chi connectivity index (χ1n) is 24.4. The van der Waals surface area contributed by atoms with Gasteiger partial charge in [-0.15, -0.1) is 0 Å². The topological polar surface area (TPSA) is 259 Å². The zero-order valence-electron chi connectivity index (χ0n) is 42.3. The number of methoxy groups -OCH3 is 1. The first kappa shape index (κ1) is 51.3. The Balaban J connectivity index is 1.16. The van der Waals surface area contributed by atoms with Gasteiger partial charge in [-0.05, 0) is 84.0 Å². The molecule has 0 unspecified atom stereocenters. The average molecular weight is 996 g/mol. The van der Waals surface area contributed by atoms with Crippen LogP contribution in [-0.4, -0.2) is 111 Å². The summed E-state index contributed by atoms with van der Waals surface area (Å²) in [5.41, 5.74) is 19.1. The van der Waals surface area contributed by atoms with E-state index < -0.39 is 17.8 Å². The molecule has 4 N–H and O–H groups in total. The summed E-state index contributed by atoms with van der Waals surface area (Å²) in [4.78, 5) is 67.3. The number of esters is 1. The molecule has 0 radical (unpaired) electrons. The number of hydrogen-bond donors (Lipinski definition) is 2. The second-order valence-corrected chi connectivity index (χ2v) is 17.6. The number of nitrogens with two attached hydrogens (primary N) is 2. The number of carbonyl (C=O) groups excluding carboxylic acids is 4. The highest BCUT2D eigenvalue weighted by atomic mass is 16.5. The van der Waals surface area contributed by atoms with Crippen molar-refractivity contribution in [3.63, 3.8) is 0 Å². The molecule has 2 aromatic carbocycles. The number of ether oxygens (including phenoxy) is 4. The molecule has 0 atom stereocenters. The van der Waals surface area contributed by atoms with Gasteiger partial charge in [0.25, 0.3) is 0 Å². The van der Waals surface area contributed by atoms with Crippen LogP contribution in [0.3, 0.4) is 0 Å². The number of ketones is 1. The third-order valence-corrected chi connectivity index (χ3v) is 12.3. The van der Waals surface area contributed by atoms with E-state index in [1.807, 2.05) is 73.6 Å². The van der Waals surface area contributed by atoms with Gasteiger partial charge >= 0.3 is 5.97 Å². The van der Waals surface area contributed by atoms with Crippen molar-refractivity contribution < 1.29 is 38.1 Å². The van der Waals surface area contributed by atoms with Gasteiger partial charge in [0.15, 0.2) is 11.6 Å². The predicted molar refractivity (Wildman–Crippen MR) is 272 cm³/mol. The van der Waals surface area contributed by atoms with Gasteiger partial charge in [0.1, 0.15) is 34.3 Å². The van der Waals surface area contributed by atoms with Crippen LogP contribution in [0.25, 0.3) is 44.5 Å². The Kier molecular flexibility index (Phi) is 15.9. The molecule has 2 amide bonds. The summed E-state index contributed by atoms with van der Waals surface area (Å²) in [5, 5.41) is 14.8. The van der Waals surface area contributed by atoms with Gasteiger partial charge in [-0.25, -0.2) is 19.7 Å². The maximum atomic E-state index is 14.1. The molecule has 21 nitrogen and oxygen atoms in total. The number of amides is 2. The van der Waals surface area contributed by atoms with E-state index in [0.29, 0.717) is 119 Å². The number of carbonyl (C=O) groups is 4. The molecule has 21 heteroatoms. The van der Waals surface area contributed by atoms with Crippen LogP contribution in [0.15, 0.2) is 60.8 Å². The number of benzene rings is 2. The maximum absolute atomic E-state index is 14.1. The number of hydrogen-bond acceptors (Lipinski definition) is 14.